The SMILES string of the molecule is CCOC(=O)C1=C(C)n2c(s/c(=C\c3ccc(N(C)C)cc3)c2=O)=N[C@H]1c1cccc([N+](=O)[O-])c1. The van der Waals surface area contributed by atoms with E-state index in [2.05, 4.69) is 4.99 Å². The maximum atomic E-state index is 13.3. The summed E-state index contributed by atoms with van der Waals surface area (Å²) < 4.78 is 7.12. The zero-order chi connectivity index (χ0) is 25.3. The second-order valence-corrected chi connectivity index (χ2v) is 9.13. The molecule has 0 N–H and O–H groups in total. The lowest BCUT2D eigenvalue weighted by atomic mass is 9.96. The molecule has 9 nitrogen and oxygen atoms in total. The monoisotopic (exact) mass is 492 g/mol. The van der Waals surface area contributed by atoms with Gasteiger partial charge in [0.05, 0.1) is 21.6 Å². The number of anilines is 1. The minimum Gasteiger partial charge on any atom is -0.463 e. The van der Waals surface area contributed by atoms with Crippen molar-refractivity contribution in [3.05, 3.63) is 95.0 Å². The Bertz CT molecular complexity index is 1520. The summed E-state index contributed by atoms with van der Waals surface area (Å²) in [6, 6.07) is 12.9. The second kappa shape index (κ2) is 9.67. The molecule has 0 saturated heterocycles. The number of nitro benzene ring substituents is 1. The Morgan fingerprint density at radius 2 is 1.97 bits per heavy atom. The summed E-state index contributed by atoms with van der Waals surface area (Å²) in [4.78, 5) is 44.1. The van der Waals surface area contributed by atoms with Gasteiger partial charge >= 0.3 is 5.97 Å². The number of hydrogen-bond donors (Lipinski definition) is 0. The third kappa shape index (κ3) is 4.65. The first-order valence-corrected chi connectivity index (χ1v) is 11.7. The molecule has 0 radical (unpaired) electrons. The molecule has 0 fully saturated rings. The normalized spacial score (nSPS) is 15.4. The lowest BCUT2D eigenvalue weighted by Crippen LogP contribution is -2.35. The minimum absolute atomic E-state index is 0.108. The molecule has 2 heterocycles. The van der Waals surface area contributed by atoms with Crippen molar-refractivity contribution >= 4 is 40.5 Å². The number of carbonyl (C=O) groups is 1. The predicted molar refractivity (Wildman–Crippen MR) is 135 cm³/mol. The van der Waals surface area contributed by atoms with E-state index in [1.165, 1.54) is 28.0 Å². The summed E-state index contributed by atoms with van der Waals surface area (Å²) in [7, 11) is 3.90. The van der Waals surface area contributed by atoms with Crippen LogP contribution in [0.15, 0.2) is 63.9 Å². The van der Waals surface area contributed by atoms with Gasteiger partial charge in [-0.15, -0.1) is 0 Å². The molecule has 0 amide bonds. The van der Waals surface area contributed by atoms with E-state index in [1.54, 1.807) is 32.1 Å². The molecule has 35 heavy (non-hydrogen) atoms. The van der Waals surface area contributed by atoms with Gasteiger partial charge in [-0.3, -0.25) is 19.5 Å². The van der Waals surface area contributed by atoms with E-state index in [0.717, 1.165) is 11.3 Å². The van der Waals surface area contributed by atoms with Gasteiger partial charge < -0.3 is 9.64 Å². The van der Waals surface area contributed by atoms with Gasteiger partial charge in [0.25, 0.3) is 11.2 Å². The lowest BCUT2D eigenvalue weighted by Gasteiger charge is -2.22. The van der Waals surface area contributed by atoms with Crippen LogP contribution in [-0.4, -0.2) is 36.2 Å². The van der Waals surface area contributed by atoms with E-state index in [0.29, 0.717) is 20.6 Å². The smallest absolute Gasteiger partial charge is 0.338 e. The minimum atomic E-state index is -0.834. The molecule has 1 aliphatic heterocycles. The van der Waals surface area contributed by atoms with Gasteiger partial charge in [0.1, 0.15) is 6.04 Å². The summed E-state index contributed by atoms with van der Waals surface area (Å²) in [5, 5.41) is 11.3. The van der Waals surface area contributed by atoms with Gasteiger partial charge in [-0.1, -0.05) is 35.6 Å². The van der Waals surface area contributed by atoms with Gasteiger partial charge in [0.15, 0.2) is 4.80 Å². The Balaban J connectivity index is 1.90. The molecule has 0 bridgehead atoms. The van der Waals surface area contributed by atoms with Gasteiger partial charge in [0.2, 0.25) is 0 Å². The van der Waals surface area contributed by atoms with Crippen LogP contribution < -0.4 is 19.8 Å². The topological polar surface area (TPSA) is 107 Å². The Hall–Kier alpha value is -4.05. The molecule has 2 aromatic carbocycles. The van der Waals surface area contributed by atoms with Crippen molar-refractivity contribution in [1.29, 1.82) is 0 Å². The number of benzene rings is 2. The molecule has 1 aromatic heterocycles. The lowest BCUT2D eigenvalue weighted by molar-refractivity contribution is -0.384. The molecule has 0 unspecified atom stereocenters. The van der Waals surface area contributed by atoms with Crippen LogP contribution in [0.5, 0.6) is 0 Å². The highest BCUT2D eigenvalue weighted by Crippen LogP contribution is 2.33. The number of thiazole rings is 1. The van der Waals surface area contributed by atoms with E-state index in [4.69, 9.17) is 4.74 Å². The summed E-state index contributed by atoms with van der Waals surface area (Å²) in [5.74, 6) is -0.612. The largest absolute Gasteiger partial charge is 0.463 e. The molecular formula is C25H24N4O5S. The number of fused-ring (bicyclic) bond motifs is 1. The summed E-state index contributed by atoms with van der Waals surface area (Å²) in [5.41, 5.74) is 2.55. The van der Waals surface area contributed by atoms with E-state index in [1.807, 2.05) is 43.3 Å². The van der Waals surface area contributed by atoms with Crippen molar-refractivity contribution in [2.75, 3.05) is 25.6 Å². The number of esters is 1. The number of non-ortho nitro benzene ring substituents is 1. The number of rotatable bonds is 6. The number of hydrogen-bond acceptors (Lipinski definition) is 8. The highest BCUT2D eigenvalue weighted by molar-refractivity contribution is 7.07. The van der Waals surface area contributed by atoms with Gasteiger partial charge in [-0.05, 0) is 43.2 Å². The summed E-state index contributed by atoms with van der Waals surface area (Å²) in [6.45, 7) is 3.50. The van der Waals surface area contributed by atoms with Crippen molar-refractivity contribution in [2.24, 2.45) is 4.99 Å². The maximum Gasteiger partial charge on any atom is 0.338 e. The zero-order valence-corrected chi connectivity index (χ0v) is 20.5. The molecule has 0 aliphatic carbocycles. The van der Waals surface area contributed by atoms with Crippen LogP contribution in [0.4, 0.5) is 11.4 Å². The molecule has 1 aliphatic rings. The first-order chi connectivity index (χ1) is 16.7. The van der Waals surface area contributed by atoms with E-state index < -0.39 is 16.9 Å². The predicted octanol–water partition coefficient (Wildman–Crippen LogP) is 2.88. The average molecular weight is 493 g/mol. The van der Waals surface area contributed by atoms with Crippen LogP contribution in [0.3, 0.4) is 0 Å². The Labute approximate surface area is 205 Å². The maximum absolute atomic E-state index is 13.3. The first-order valence-electron chi connectivity index (χ1n) is 10.9. The van der Waals surface area contributed by atoms with Crippen LogP contribution in [0.2, 0.25) is 0 Å². The molecule has 4 rings (SSSR count). The summed E-state index contributed by atoms with van der Waals surface area (Å²) in [6.07, 6.45) is 1.78. The van der Waals surface area contributed by atoms with Gasteiger partial charge in [-0.2, -0.15) is 0 Å². The van der Waals surface area contributed by atoms with E-state index >= 15 is 0 Å². The summed E-state index contributed by atoms with van der Waals surface area (Å²) >= 11 is 1.20. The number of ether oxygens (including phenoxy) is 1. The Morgan fingerprint density at radius 1 is 1.26 bits per heavy atom. The van der Waals surface area contributed by atoms with Gasteiger partial charge in [0, 0.05) is 37.6 Å². The van der Waals surface area contributed by atoms with Crippen molar-refractivity contribution in [2.45, 2.75) is 19.9 Å². The molecular weight excluding hydrogens is 468 g/mol. The quantitative estimate of drug-likeness (QED) is 0.298. The van der Waals surface area contributed by atoms with Crippen LogP contribution in [-0.2, 0) is 9.53 Å². The molecule has 1 atom stereocenters. The van der Waals surface area contributed by atoms with Crippen LogP contribution >= 0.6 is 11.3 Å². The van der Waals surface area contributed by atoms with Crippen molar-refractivity contribution in [3.8, 4) is 0 Å². The standard InChI is InChI=1S/C25H24N4O5S/c1-5-34-24(31)21-15(2)28-23(30)20(13-16-9-11-18(12-10-16)27(3)4)35-25(28)26-22(21)17-7-6-8-19(14-17)29(32)33/h6-14,22H,5H2,1-4H3/b20-13-/t22-/m0/s1. The molecule has 0 spiro atoms. The molecule has 180 valence electrons. The highest BCUT2D eigenvalue weighted by atomic mass is 32.1. The molecule has 0 saturated carbocycles. The van der Waals surface area contributed by atoms with E-state index in [9.17, 15) is 19.7 Å². The number of aromatic nitrogens is 1. The van der Waals surface area contributed by atoms with E-state index in [-0.39, 0.29) is 23.4 Å². The second-order valence-electron chi connectivity index (χ2n) is 8.12. The van der Waals surface area contributed by atoms with Crippen molar-refractivity contribution in [3.63, 3.8) is 0 Å². The zero-order valence-electron chi connectivity index (χ0n) is 19.7. The van der Waals surface area contributed by atoms with Crippen LogP contribution in [0.25, 0.3) is 11.8 Å². The van der Waals surface area contributed by atoms with Gasteiger partial charge in [-0.25, -0.2) is 9.79 Å². The Morgan fingerprint density at radius 3 is 2.60 bits per heavy atom. The average Bonchev–Trinajstić information content (AvgIpc) is 3.14. The highest BCUT2D eigenvalue weighted by Gasteiger charge is 2.32. The fraction of sp³-hybridized carbons (Fsp3) is 0.240. The molecule has 3 aromatic rings. The number of nitro groups is 1. The van der Waals surface area contributed by atoms with Crippen LogP contribution in [0, 0.1) is 10.1 Å². The van der Waals surface area contributed by atoms with Crippen LogP contribution in [0.1, 0.15) is 31.0 Å². The Kier molecular flexibility index (Phi) is 6.65. The fourth-order valence-corrected chi connectivity index (χ4v) is 4.93. The first kappa shape index (κ1) is 24.1. The number of nitrogens with zero attached hydrogens (tertiary/aromatic N) is 4. The van der Waals surface area contributed by atoms with Crippen molar-refractivity contribution in [1.82, 2.24) is 4.57 Å². The number of allylic oxidation sites excluding steroid dienone is 1. The van der Waals surface area contributed by atoms with Crippen molar-refractivity contribution < 1.29 is 14.5 Å². The number of carbonyl (C=O) groups excluding carboxylic acids is 1. The third-order valence-electron chi connectivity index (χ3n) is 5.64. The third-order valence-corrected chi connectivity index (χ3v) is 6.63. The fourth-order valence-electron chi connectivity index (χ4n) is 3.89. The molecule has 10 heteroatoms.